The molecule has 4 aromatic carbocycles. The van der Waals surface area contributed by atoms with E-state index in [4.69, 9.17) is 18.9 Å². The van der Waals surface area contributed by atoms with Crippen LogP contribution in [0.15, 0.2) is 91.0 Å². The molecule has 0 N–H and O–H groups in total. The fourth-order valence-corrected chi connectivity index (χ4v) is 4.03. The predicted octanol–water partition coefficient (Wildman–Crippen LogP) is 6.89. The number of carbonyl (C=O) groups excluding carboxylic acids is 2. The molecule has 4 aromatic rings. The summed E-state index contributed by atoms with van der Waals surface area (Å²) in [5, 5.41) is 1.99. The Labute approximate surface area is 229 Å². The lowest BCUT2D eigenvalue weighted by Crippen LogP contribution is -2.39. The van der Waals surface area contributed by atoms with Crippen LogP contribution in [0, 0.1) is 5.92 Å². The van der Waals surface area contributed by atoms with Crippen molar-refractivity contribution < 1.29 is 28.5 Å². The fourth-order valence-electron chi connectivity index (χ4n) is 4.03. The third-order valence-electron chi connectivity index (χ3n) is 6.15. The van der Waals surface area contributed by atoms with E-state index in [0.29, 0.717) is 48.2 Å². The van der Waals surface area contributed by atoms with Crippen molar-refractivity contribution >= 4 is 22.5 Å². The normalized spacial score (nSPS) is 12.0. The summed E-state index contributed by atoms with van der Waals surface area (Å²) in [7, 11) is 0. The highest BCUT2D eigenvalue weighted by Crippen LogP contribution is 2.29. The quantitative estimate of drug-likeness (QED) is 0.148. The van der Waals surface area contributed by atoms with E-state index in [1.54, 1.807) is 45.0 Å². The van der Waals surface area contributed by atoms with E-state index in [1.807, 2.05) is 73.7 Å². The Morgan fingerprint density at radius 1 is 0.769 bits per heavy atom. The summed E-state index contributed by atoms with van der Waals surface area (Å²) >= 11 is 0. The molecular weight excluding hydrogens is 492 g/mol. The van der Waals surface area contributed by atoms with E-state index in [-0.39, 0.29) is 11.7 Å². The number of carbonyl (C=O) groups is 2. The second-order valence-corrected chi connectivity index (χ2v) is 9.92. The Balaban J connectivity index is 1.38. The van der Waals surface area contributed by atoms with E-state index in [9.17, 15) is 9.59 Å². The lowest BCUT2D eigenvalue weighted by Gasteiger charge is -2.24. The molecule has 6 heteroatoms. The molecule has 0 fully saturated rings. The first-order chi connectivity index (χ1) is 18.8. The van der Waals surface area contributed by atoms with Gasteiger partial charge in [0, 0.05) is 11.5 Å². The van der Waals surface area contributed by atoms with Crippen LogP contribution in [0.3, 0.4) is 0 Å². The molecule has 6 nitrogen and oxygen atoms in total. The second-order valence-electron chi connectivity index (χ2n) is 9.92. The van der Waals surface area contributed by atoms with Crippen molar-refractivity contribution in [3.8, 4) is 17.2 Å². The molecule has 0 saturated carbocycles. The molecule has 0 aromatic heterocycles. The van der Waals surface area contributed by atoms with Gasteiger partial charge in [-0.05, 0) is 67.9 Å². The van der Waals surface area contributed by atoms with Crippen LogP contribution < -0.4 is 14.2 Å². The molecule has 0 aliphatic carbocycles. The van der Waals surface area contributed by atoms with Crippen molar-refractivity contribution in [1.29, 1.82) is 0 Å². The molecule has 0 amide bonds. The number of benzene rings is 4. The van der Waals surface area contributed by atoms with Gasteiger partial charge in [-0.3, -0.25) is 4.79 Å². The van der Waals surface area contributed by atoms with E-state index in [2.05, 4.69) is 0 Å². The van der Waals surface area contributed by atoms with E-state index < -0.39 is 11.6 Å². The zero-order valence-corrected chi connectivity index (χ0v) is 22.8. The lowest BCUT2D eigenvalue weighted by molar-refractivity contribution is -0.158. The van der Waals surface area contributed by atoms with Gasteiger partial charge in [-0.2, -0.15) is 0 Å². The van der Waals surface area contributed by atoms with Crippen LogP contribution >= 0.6 is 0 Å². The number of fused-ring (bicyclic) bond motifs is 1. The Morgan fingerprint density at radius 2 is 1.36 bits per heavy atom. The largest absolute Gasteiger partial charge is 0.493 e. The minimum Gasteiger partial charge on any atom is -0.493 e. The summed E-state index contributed by atoms with van der Waals surface area (Å²) in [5.41, 5.74) is 0.0646. The Morgan fingerprint density at radius 3 is 2.03 bits per heavy atom. The summed E-state index contributed by atoms with van der Waals surface area (Å²) < 4.78 is 23.0. The number of hydrogen-bond donors (Lipinski definition) is 0. The van der Waals surface area contributed by atoms with Crippen LogP contribution in [0.2, 0.25) is 0 Å². The molecule has 202 valence electrons. The van der Waals surface area contributed by atoms with Crippen LogP contribution in [0.4, 0.5) is 0 Å². The standard InChI is InChI=1S/C33H34O6/c1-5-36-32(35)33(3,4)39-28-17-15-27(16-18-28)37-21-23(2)22-38-30-20-26-14-10-9-13-25(26)19-29(30)31(34)24-11-7-6-8-12-24/h6-20,23H,5,21-22H2,1-4H3. The van der Waals surface area contributed by atoms with Crippen molar-refractivity contribution in [3.05, 3.63) is 102 Å². The van der Waals surface area contributed by atoms with Crippen LogP contribution in [0.1, 0.15) is 43.6 Å². The van der Waals surface area contributed by atoms with Crippen molar-refractivity contribution in [2.75, 3.05) is 19.8 Å². The third kappa shape index (κ3) is 7.17. The molecule has 0 aliphatic rings. The van der Waals surface area contributed by atoms with Gasteiger partial charge in [0.1, 0.15) is 17.2 Å². The van der Waals surface area contributed by atoms with E-state index in [0.717, 1.165) is 10.8 Å². The minimum absolute atomic E-state index is 0.0508. The first kappa shape index (κ1) is 27.7. The lowest BCUT2D eigenvalue weighted by atomic mass is 9.99. The topological polar surface area (TPSA) is 71.1 Å². The monoisotopic (exact) mass is 526 g/mol. The maximum atomic E-state index is 13.3. The van der Waals surface area contributed by atoms with Gasteiger partial charge in [0.25, 0.3) is 0 Å². The minimum atomic E-state index is -1.09. The molecular formula is C33H34O6. The number of ether oxygens (including phenoxy) is 4. The second kappa shape index (κ2) is 12.5. The van der Waals surface area contributed by atoms with E-state index >= 15 is 0 Å². The van der Waals surface area contributed by atoms with Gasteiger partial charge in [-0.25, -0.2) is 4.79 Å². The van der Waals surface area contributed by atoms with Crippen molar-refractivity contribution in [1.82, 2.24) is 0 Å². The van der Waals surface area contributed by atoms with Crippen molar-refractivity contribution in [2.24, 2.45) is 5.92 Å². The van der Waals surface area contributed by atoms with Crippen LogP contribution in [0.5, 0.6) is 17.2 Å². The van der Waals surface area contributed by atoms with Crippen LogP contribution in [-0.2, 0) is 9.53 Å². The van der Waals surface area contributed by atoms with Gasteiger partial charge in [-0.1, -0.05) is 61.5 Å². The zero-order chi connectivity index (χ0) is 27.8. The maximum Gasteiger partial charge on any atom is 0.349 e. The number of esters is 1. The van der Waals surface area contributed by atoms with Crippen molar-refractivity contribution in [3.63, 3.8) is 0 Å². The maximum absolute atomic E-state index is 13.3. The number of hydrogen-bond acceptors (Lipinski definition) is 6. The Hall–Kier alpha value is -4.32. The highest BCUT2D eigenvalue weighted by molar-refractivity contribution is 6.12. The molecule has 0 saturated heterocycles. The Bertz CT molecular complexity index is 1410. The summed E-state index contributed by atoms with van der Waals surface area (Å²) in [5.74, 6) is 1.33. The zero-order valence-electron chi connectivity index (χ0n) is 22.8. The first-order valence-electron chi connectivity index (χ1n) is 13.1. The van der Waals surface area contributed by atoms with Crippen LogP contribution in [0.25, 0.3) is 10.8 Å². The third-order valence-corrected chi connectivity index (χ3v) is 6.15. The molecule has 39 heavy (non-hydrogen) atoms. The van der Waals surface area contributed by atoms with Crippen LogP contribution in [-0.4, -0.2) is 37.2 Å². The smallest absolute Gasteiger partial charge is 0.349 e. The molecule has 0 spiro atoms. The molecule has 0 heterocycles. The number of ketones is 1. The summed E-state index contributed by atoms with van der Waals surface area (Å²) in [6.07, 6.45) is 0. The van der Waals surface area contributed by atoms with Crippen molar-refractivity contribution in [2.45, 2.75) is 33.3 Å². The van der Waals surface area contributed by atoms with Gasteiger partial charge in [0.15, 0.2) is 11.4 Å². The predicted molar refractivity (Wildman–Crippen MR) is 152 cm³/mol. The Kier molecular flexibility index (Phi) is 8.87. The van der Waals surface area contributed by atoms with Gasteiger partial charge in [0.05, 0.1) is 25.4 Å². The molecule has 1 unspecified atom stereocenters. The number of rotatable bonds is 12. The molecule has 4 rings (SSSR count). The van der Waals surface area contributed by atoms with Gasteiger partial charge >= 0.3 is 5.97 Å². The van der Waals surface area contributed by atoms with Gasteiger partial charge in [-0.15, -0.1) is 0 Å². The summed E-state index contributed by atoms with van der Waals surface area (Å²) in [6.45, 7) is 8.23. The summed E-state index contributed by atoms with van der Waals surface area (Å²) in [6, 6.07) is 28.1. The molecule has 1 atom stereocenters. The fraction of sp³-hybridized carbons (Fsp3) is 0.273. The average molecular weight is 527 g/mol. The first-order valence-corrected chi connectivity index (χ1v) is 13.1. The van der Waals surface area contributed by atoms with Gasteiger partial charge in [0.2, 0.25) is 0 Å². The highest BCUT2D eigenvalue weighted by Gasteiger charge is 2.31. The molecule has 0 radical (unpaired) electrons. The van der Waals surface area contributed by atoms with Gasteiger partial charge < -0.3 is 18.9 Å². The highest BCUT2D eigenvalue weighted by atomic mass is 16.6. The average Bonchev–Trinajstić information content (AvgIpc) is 2.95. The molecule has 0 aliphatic heterocycles. The molecule has 0 bridgehead atoms. The summed E-state index contributed by atoms with van der Waals surface area (Å²) in [4.78, 5) is 25.4. The van der Waals surface area contributed by atoms with E-state index in [1.165, 1.54) is 0 Å². The SMILES string of the molecule is CCOC(=O)C(C)(C)Oc1ccc(OCC(C)COc2cc3ccccc3cc2C(=O)c2ccccc2)cc1.